The molecule has 0 bridgehead atoms. The Hall–Kier alpha value is -1.45. The topological polar surface area (TPSA) is 49.8 Å². The summed E-state index contributed by atoms with van der Waals surface area (Å²) in [5.74, 6) is 5.70. The molecule has 1 aromatic rings. The van der Waals surface area contributed by atoms with Gasteiger partial charge in [0.05, 0.1) is 10.9 Å². The molecule has 0 aliphatic heterocycles. The fourth-order valence-electron chi connectivity index (χ4n) is 0.892. The summed E-state index contributed by atoms with van der Waals surface area (Å²) in [6, 6.07) is 7.16. The van der Waals surface area contributed by atoms with Gasteiger partial charge < -0.3 is 5.73 Å². The number of rotatable bonds is 0. The fraction of sp³-hybridized carbons (Fsp3) is 0.100. The summed E-state index contributed by atoms with van der Waals surface area (Å²) in [4.78, 5) is 0. The lowest BCUT2D eigenvalue weighted by atomic mass is 10.1. The molecule has 2 N–H and O–H groups in total. The average Bonchev–Trinajstić information content (AvgIpc) is 2.16. The lowest BCUT2D eigenvalue weighted by Gasteiger charge is -1.96. The van der Waals surface area contributed by atoms with Crippen LogP contribution in [0.25, 0.3) is 0 Å². The summed E-state index contributed by atoms with van der Waals surface area (Å²) in [5.41, 5.74) is 7.35. The van der Waals surface area contributed by atoms with Gasteiger partial charge in [-0.2, -0.15) is 5.26 Å². The third kappa shape index (κ3) is 2.50. The summed E-state index contributed by atoms with van der Waals surface area (Å²) >= 11 is 3.19. The van der Waals surface area contributed by atoms with Crippen LogP contribution < -0.4 is 5.73 Å². The number of nitrogens with two attached hydrogens (primary N) is 1. The first kappa shape index (κ1) is 9.64. The predicted molar refractivity (Wildman–Crippen MR) is 56.2 cm³/mol. The minimum Gasteiger partial charge on any atom is -0.399 e. The Morgan fingerprint density at radius 2 is 2.15 bits per heavy atom. The van der Waals surface area contributed by atoms with E-state index in [9.17, 15) is 0 Å². The van der Waals surface area contributed by atoms with Crippen LogP contribution in [-0.4, -0.2) is 5.33 Å². The molecule has 0 saturated carbocycles. The number of benzene rings is 1. The van der Waals surface area contributed by atoms with Crippen LogP contribution in [0.5, 0.6) is 0 Å². The van der Waals surface area contributed by atoms with Crippen LogP contribution in [0.15, 0.2) is 18.2 Å². The third-order valence-electron chi connectivity index (χ3n) is 1.45. The second-order valence-electron chi connectivity index (χ2n) is 2.35. The highest BCUT2D eigenvalue weighted by Gasteiger charge is 1.98. The first-order chi connectivity index (χ1) is 6.27. The van der Waals surface area contributed by atoms with Crippen molar-refractivity contribution in [3.63, 3.8) is 0 Å². The fourth-order valence-corrected chi connectivity index (χ4v) is 1.03. The first-order valence-electron chi connectivity index (χ1n) is 3.62. The SMILES string of the molecule is N#Cc1cc(N)ccc1C#CCBr. The molecule has 0 atom stereocenters. The normalized spacial score (nSPS) is 8.31. The Labute approximate surface area is 85.5 Å². The van der Waals surface area contributed by atoms with Crippen molar-refractivity contribution < 1.29 is 0 Å². The molecule has 0 aromatic heterocycles. The predicted octanol–water partition coefficient (Wildman–Crippen LogP) is 1.89. The zero-order valence-corrected chi connectivity index (χ0v) is 8.43. The van der Waals surface area contributed by atoms with Crippen LogP contribution in [0, 0.1) is 23.2 Å². The molecular weight excluding hydrogens is 228 g/mol. The van der Waals surface area contributed by atoms with Gasteiger partial charge in [-0.25, -0.2) is 0 Å². The minimum atomic E-state index is 0.522. The van der Waals surface area contributed by atoms with Gasteiger partial charge in [0.25, 0.3) is 0 Å². The van der Waals surface area contributed by atoms with Crippen molar-refractivity contribution >= 4 is 21.6 Å². The zero-order chi connectivity index (χ0) is 9.68. The van der Waals surface area contributed by atoms with Gasteiger partial charge in [-0.15, -0.1) is 0 Å². The molecule has 0 saturated heterocycles. The number of hydrogen-bond acceptors (Lipinski definition) is 2. The Morgan fingerprint density at radius 3 is 2.77 bits per heavy atom. The number of halogens is 1. The van der Waals surface area contributed by atoms with E-state index in [1.54, 1.807) is 18.2 Å². The zero-order valence-electron chi connectivity index (χ0n) is 6.84. The second-order valence-corrected chi connectivity index (χ2v) is 2.91. The van der Waals surface area contributed by atoms with E-state index in [1.807, 2.05) is 6.07 Å². The first-order valence-corrected chi connectivity index (χ1v) is 4.74. The van der Waals surface area contributed by atoms with Gasteiger partial charge in [0.1, 0.15) is 6.07 Å². The number of hydrogen-bond donors (Lipinski definition) is 1. The monoisotopic (exact) mass is 234 g/mol. The van der Waals surface area contributed by atoms with Crippen LogP contribution >= 0.6 is 15.9 Å². The van der Waals surface area contributed by atoms with Gasteiger partial charge in [-0.1, -0.05) is 27.8 Å². The van der Waals surface area contributed by atoms with E-state index in [-0.39, 0.29) is 0 Å². The van der Waals surface area contributed by atoms with Crippen LogP contribution in [-0.2, 0) is 0 Å². The molecule has 0 heterocycles. The molecule has 0 aliphatic rings. The van der Waals surface area contributed by atoms with Gasteiger partial charge in [-0.05, 0) is 18.2 Å². The largest absolute Gasteiger partial charge is 0.399 e. The lowest BCUT2D eigenvalue weighted by Crippen LogP contribution is -1.89. The van der Waals surface area contributed by atoms with Crippen LogP contribution in [0.3, 0.4) is 0 Å². The molecule has 0 aliphatic carbocycles. The molecule has 13 heavy (non-hydrogen) atoms. The van der Waals surface area contributed by atoms with E-state index >= 15 is 0 Å². The van der Waals surface area contributed by atoms with E-state index in [2.05, 4.69) is 27.8 Å². The summed E-state index contributed by atoms with van der Waals surface area (Å²) in [6.45, 7) is 0. The van der Waals surface area contributed by atoms with E-state index in [4.69, 9.17) is 11.0 Å². The van der Waals surface area contributed by atoms with Crippen molar-refractivity contribution in [2.75, 3.05) is 11.1 Å². The molecule has 2 nitrogen and oxygen atoms in total. The Morgan fingerprint density at radius 1 is 1.38 bits per heavy atom. The van der Waals surface area contributed by atoms with Crippen molar-refractivity contribution in [3.05, 3.63) is 29.3 Å². The van der Waals surface area contributed by atoms with Crippen molar-refractivity contribution in [2.24, 2.45) is 0 Å². The number of anilines is 1. The molecule has 0 fully saturated rings. The number of alkyl halides is 1. The van der Waals surface area contributed by atoms with Gasteiger partial charge >= 0.3 is 0 Å². The maximum absolute atomic E-state index is 8.76. The number of nitriles is 1. The minimum absolute atomic E-state index is 0.522. The number of nitrogens with zero attached hydrogens (tertiary/aromatic N) is 1. The molecule has 0 amide bonds. The average molecular weight is 235 g/mol. The Bertz CT molecular complexity index is 407. The summed E-state index contributed by atoms with van der Waals surface area (Å²) < 4.78 is 0. The Balaban J connectivity index is 3.16. The smallest absolute Gasteiger partial charge is 0.101 e. The second kappa shape index (κ2) is 4.54. The van der Waals surface area contributed by atoms with Crippen molar-refractivity contribution in [1.29, 1.82) is 5.26 Å². The van der Waals surface area contributed by atoms with E-state index in [0.29, 0.717) is 16.6 Å². The molecule has 0 radical (unpaired) electrons. The van der Waals surface area contributed by atoms with Crippen molar-refractivity contribution in [3.8, 4) is 17.9 Å². The van der Waals surface area contributed by atoms with Crippen LogP contribution in [0.1, 0.15) is 11.1 Å². The summed E-state index contributed by atoms with van der Waals surface area (Å²) in [5, 5.41) is 9.36. The quantitative estimate of drug-likeness (QED) is 0.424. The summed E-state index contributed by atoms with van der Waals surface area (Å²) in [7, 11) is 0. The van der Waals surface area contributed by atoms with Crippen molar-refractivity contribution in [1.82, 2.24) is 0 Å². The maximum Gasteiger partial charge on any atom is 0.101 e. The molecule has 1 aromatic carbocycles. The lowest BCUT2D eigenvalue weighted by molar-refractivity contribution is 1.47. The van der Waals surface area contributed by atoms with Crippen LogP contribution in [0.2, 0.25) is 0 Å². The molecular formula is C10H7BrN2. The van der Waals surface area contributed by atoms with Gasteiger partial charge in [0.15, 0.2) is 0 Å². The number of nitrogen functional groups attached to an aromatic ring is 1. The third-order valence-corrected chi connectivity index (χ3v) is 1.73. The van der Waals surface area contributed by atoms with E-state index in [1.165, 1.54) is 0 Å². The maximum atomic E-state index is 8.76. The van der Waals surface area contributed by atoms with Gasteiger partial charge in [0.2, 0.25) is 0 Å². The highest BCUT2D eigenvalue weighted by atomic mass is 79.9. The molecule has 1 rings (SSSR count). The molecule has 64 valence electrons. The molecule has 3 heteroatoms. The van der Waals surface area contributed by atoms with Gasteiger partial charge in [0, 0.05) is 11.3 Å². The van der Waals surface area contributed by atoms with Gasteiger partial charge in [-0.3, -0.25) is 0 Å². The highest BCUT2D eigenvalue weighted by molar-refractivity contribution is 9.09. The van der Waals surface area contributed by atoms with Crippen molar-refractivity contribution in [2.45, 2.75) is 0 Å². The Kier molecular flexibility index (Phi) is 3.37. The summed E-state index contributed by atoms with van der Waals surface area (Å²) in [6.07, 6.45) is 0. The van der Waals surface area contributed by atoms with E-state index < -0.39 is 0 Å². The molecule has 0 spiro atoms. The molecule has 0 unspecified atom stereocenters. The van der Waals surface area contributed by atoms with E-state index in [0.717, 1.165) is 5.56 Å². The van der Waals surface area contributed by atoms with Crippen LogP contribution in [0.4, 0.5) is 5.69 Å². The highest BCUT2D eigenvalue weighted by Crippen LogP contribution is 2.11. The standard InChI is InChI=1S/C10H7BrN2/c11-5-1-2-8-3-4-10(13)6-9(8)7-12/h3-4,6H,5,13H2.